The molecule has 2 aliphatic carbocycles. The molecule has 0 radical (unpaired) electrons. The average molecular weight is 349 g/mol. The van der Waals surface area contributed by atoms with Crippen molar-refractivity contribution in [2.75, 3.05) is 12.3 Å². The topological polar surface area (TPSA) is 78.8 Å². The standard InChI is InChI=1S/C17H23N3O3S/c1-11(15-10-12-4-5-13(15)9-12)18-17(21)14-3-2-6-20-7-8-24(22,23)19-16(14)20/h2-3,6,11-13,15H,4-5,7-10H2,1H3,(H,18,21)/t11-,12+,13+,15+/m1/s1. The van der Waals surface area contributed by atoms with Crippen LogP contribution < -0.4 is 5.32 Å². The van der Waals surface area contributed by atoms with Crippen molar-refractivity contribution in [1.82, 2.24) is 10.2 Å². The summed E-state index contributed by atoms with van der Waals surface area (Å²) in [6.07, 6.45) is 10.3. The fraction of sp³-hybridized carbons (Fsp3) is 0.647. The van der Waals surface area contributed by atoms with Gasteiger partial charge in [0.2, 0.25) is 0 Å². The number of hydrogen-bond donors (Lipinski definition) is 1. The van der Waals surface area contributed by atoms with Gasteiger partial charge in [0.1, 0.15) is 0 Å². The summed E-state index contributed by atoms with van der Waals surface area (Å²) in [5.74, 6) is 2.11. The first kappa shape index (κ1) is 15.9. The molecule has 4 aliphatic rings. The Morgan fingerprint density at radius 3 is 2.92 bits per heavy atom. The predicted molar refractivity (Wildman–Crippen MR) is 91.7 cm³/mol. The van der Waals surface area contributed by atoms with Crippen LogP contribution in [0.3, 0.4) is 0 Å². The van der Waals surface area contributed by atoms with Crippen molar-refractivity contribution in [2.45, 2.75) is 38.6 Å². The summed E-state index contributed by atoms with van der Waals surface area (Å²) in [5.41, 5.74) is 0.343. The molecule has 0 aromatic heterocycles. The van der Waals surface area contributed by atoms with E-state index in [0.29, 0.717) is 18.0 Å². The molecule has 2 heterocycles. The molecule has 0 spiro atoms. The fourth-order valence-electron chi connectivity index (χ4n) is 4.69. The molecule has 4 atom stereocenters. The molecule has 2 aliphatic heterocycles. The summed E-state index contributed by atoms with van der Waals surface area (Å²) in [6.45, 7) is 2.41. The van der Waals surface area contributed by atoms with Gasteiger partial charge in [-0.15, -0.1) is 4.40 Å². The summed E-state index contributed by atoms with van der Waals surface area (Å²) >= 11 is 0. The second kappa shape index (κ2) is 5.72. The first-order valence-electron chi connectivity index (χ1n) is 8.72. The zero-order valence-corrected chi connectivity index (χ0v) is 14.6. The Kier molecular flexibility index (Phi) is 3.78. The zero-order chi connectivity index (χ0) is 16.9. The van der Waals surface area contributed by atoms with Gasteiger partial charge >= 0.3 is 0 Å². The van der Waals surface area contributed by atoms with E-state index < -0.39 is 10.0 Å². The molecule has 2 bridgehead atoms. The van der Waals surface area contributed by atoms with Crippen LogP contribution >= 0.6 is 0 Å². The number of carbonyl (C=O) groups is 1. The predicted octanol–water partition coefficient (Wildman–Crippen LogP) is 1.42. The molecule has 1 amide bonds. The van der Waals surface area contributed by atoms with Crippen LogP contribution in [0, 0.1) is 17.8 Å². The third-order valence-corrected chi connectivity index (χ3v) is 7.05. The van der Waals surface area contributed by atoms with Crippen LogP contribution in [0.5, 0.6) is 0 Å². The highest BCUT2D eigenvalue weighted by Gasteiger charge is 2.42. The molecule has 7 heteroatoms. The van der Waals surface area contributed by atoms with E-state index in [1.54, 1.807) is 23.3 Å². The Bertz CT molecular complexity index is 753. The van der Waals surface area contributed by atoms with Crippen molar-refractivity contribution in [2.24, 2.45) is 22.2 Å². The van der Waals surface area contributed by atoms with E-state index in [-0.39, 0.29) is 23.5 Å². The maximum absolute atomic E-state index is 12.7. The second-order valence-electron chi connectivity index (χ2n) is 7.42. The van der Waals surface area contributed by atoms with E-state index in [1.165, 1.54) is 25.7 Å². The van der Waals surface area contributed by atoms with Crippen LogP contribution in [0.1, 0.15) is 32.6 Å². The highest BCUT2D eigenvalue weighted by molar-refractivity contribution is 7.90. The molecule has 1 N–H and O–H groups in total. The monoisotopic (exact) mass is 349 g/mol. The molecule has 0 unspecified atom stereocenters. The second-order valence-corrected chi connectivity index (χ2v) is 9.17. The molecule has 2 saturated carbocycles. The highest BCUT2D eigenvalue weighted by Crippen LogP contribution is 2.49. The van der Waals surface area contributed by atoms with Gasteiger partial charge in [0.15, 0.2) is 5.84 Å². The number of nitrogens with zero attached hydrogens (tertiary/aromatic N) is 2. The van der Waals surface area contributed by atoms with Crippen molar-refractivity contribution in [3.05, 3.63) is 23.9 Å². The first-order chi connectivity index (χ1) is 11.4. The Balaban J connectivity index is 1.50. The van der Waals surface area contributed by atoms with Crippen LogP contribution in [-0.2, 0) is 14.8 Å². The Morgan fingerprint density at radius 2 is 2.21 bits per heavy atom. The van der Waals surface area contributed by atoms with Gasteiger partial charge in [-0.3, -0.25) is 4.79 Å². The Labute approximate surface area is 142 Å². The largest absolute Gasteiger partial charge is 0.349 e. The number of nitrogens with one attached hydrogen (secondary N) is 1. The van der Waals surface area contributed by atoms with Crippen LogP contribution in [-0.4, -0.2) is 43.4 Å². The van der Waals surface area contributed by atoms with E-state index in [9.17, 15) is 13.2 Å². The SMILES string of the molecule is C[C@@H](NC(=O)C1=CC=CN2CCS(=O)(=O)N=C12)[C@@H]1C[C@H]2CC[C@H]1C2. The molecule has 24 heavy (non-hydrogen) atoms. The number of hydrogen-bond acceptors (Lipinski definition) is 4. The third kappa shape index (κ3) is 2.79. The Morgan fingerprint density at radius 1 is 1.38 bits per heavy atom. The molecule has 0 saturated heterocycles. The van der Waals surface area contributed by atoms with E-state index in [1.807, 2.05) is 0 Å². The lowest BCUT2D eigenvalue weighted by molar-refractivity contribution is -0.118. The lowest BCUT2D eigenvalue weighted by Crippen LogP contribution is -2.46. The third-order valence-electron chi connectivity index (χ3n) is 5.90. The average Bonchev–Trinajstić information content (AvgIpc) is 3.16. The number of amidine groups is 1. The van der Waals surface area contributed by atoms with Gasteiger partial charge in [-0.1, -0.05) is 6.42 Å². The van der Waals surface area contributed by atoms with Crippen LogP contribution in [0.2, 0.25) is 0 Å². The van der Waals surface area contributed by atoms with Crippen molar-refractivity contribution < 1.29 is 13.2 Å². The molecule has 4 rings (SSSR count). The minimum atomic E-state index is -3.48. The molecule has 0 aromatic carbocycles. The lowest BCUT2D eigenvalue weighted by Gasteiger charge is -2.31. The number of sulfonamides is 1. The van der Waals surface area contributed by atoms with Gasteiger partial charge in [-0.05, 0) is 56.1 Å². The summed E-state index contributed by atoms with van der Waals surface area (Å²) in [5, 5.41) is 3.09. The van der Waals surface area contributed by atoms with E-state index >= 15 is 0 Å². The van der Waals surface area contributed by atoms with Gasteiger partial charge in [0, 0.05) is 18.8 Å². The summed E-state index contributed by atoms with van der Waals surface area (Å²) < 4.78 is 27.4. The zero-order valence-electron chi connectivity index (χ0n) is 13.8. The molecule has 2 fully saturated rings. The van der Waals surface area contributed by atoms with Gasteiger partial charge in [0.25, 0.3) is 15.9 Å². The van der Waals surface area contributed by atoms with E-state index in [4.69, 9.17) is 0 Å². The van der Waals surface area contributed by atoms with Gasteiger partial charge < -0.3 is 10.2 Å². The number of amides is 1. The van der Waals surface area contributed by atoms with Crippen LogP contribution in [0.25, 0.3) is 0 Å². The summed E-state index contributed by atoms with van der Waals surface area (Å²) in [7, 11) is -3.48. The molecular formula is C17H23N3O3S. The van der Waals surface area contributed by atoms with Crippen LogP contribution in [0.15, 0.2) is 28.3 Å². The van der Waals surface area contributed by atoms with Gasteiger partial charge in [0.05, 0.1) is 11.3 Å². The number of carbonyl (C=O) groups excluding carboxylic acids is 1. The minimum absolute atomic E-state index is 0.0166. The van der Waals surface area contributed by atoms with Crippen molar-refractivity contribution in [3.8, 4) is 0 Å². The van der Waals surface area contributed by atoms with Gasteiger partial charge in [-0.25, -0.2) is 8.42 Å². The van der Waals surface area contributed by atoms with Crippen LogP contribution in [0.4, 0.5) is 0 Å². The number of rotatable bonds is 3. The first-order valence-corrected chi connectivity index (χ1v) is 10.3. The maximum Gasteiger partial charge on any atom is 0.256 e. The maximum atomic E-state index is 12.7. The van der Waals surface area contributed by atoms with E-state index in [0.717, 1.165) is 11.8 Å². The normalized spacial score (nSPS) is 34.4. The van der Waals surface area contributed by atoms with Gasteiger partial charge in [-0.2, -0.15) is 0 Å². The smallest absolute Gasteiger partial charge is 0.256 e. The van der Waals surface area contributed by atoms with Crippen molar-refractivity contribution in [3.63, 3.8) is 0 Å². The number of allylic oxidation sites excluding steroid dienone is 2. The highest BCUT2D eigenvalue weighted by atomic mass is 32.2. The Hall–Kier alpha value is -1.63. The summed E-state index contributed by atoms with van der Waals surface area (Å²) in [6, 6.07) is 0.105. The molecule has 0 aromatic rings. The molecule has 130 valence electrons. The fourth-order valence-corrected chi connectivity index (χ4v) is 5.68. The van der Waals surface area contributed by atoms with E-state index in [2.05, 4.69) is 16.6 Å². The number of fused-ring (bicyclic) bond motifs is 3. The lowest BCUT2D eigenvalue weighted by atomic mass is 9.84. The van der Waals surface area contributed by atoms with Crippen molar-refractivity contribution in [1.29, 1.82) is 0 Å². The quantitative estimate of drug-likeness (QED) is 0.836. The minimum Gasteiger partial charge on any atom is -0.349 e. The molecular weight excluding hydrogens is 326 g/mol. The van der Waals surface area contributed by atoms with Crippen molar-refractivity contribution >= 4 is 21.8 Å². The molecule has 6 nitrogen and oxygen atoms in total. The summed E-state index contributed by atoms with van der Waals surface area (Å²) in [4.78, 5) is 14.5.